The number of piperidine rings is 1. The molecule has 2 heterocycles. The molecular formula is C20H27N3O5. The summed E-state index contributed by atoms with van der Waals surface area (Å²) < 4.78 is 0. The lowest BCUT2D eigenvalue weighted by Gasteiger charge is -2.36. The highest BCUT2D eigenvalue weighted by molar-refractivity contribution is 5.96. The lowest BCUT2D eigenvalue weighted by atomic mass is 9.91. The Morgan fingerprint density at radius 2 is 1.93 bits per heavy atom. The van der Waals surface area contributed by atoms with Gasteiger partial charge in [-0.05, 0) is 43.2 Å². The molecular weight excluding hydrogens is 362 g/mol. The molecule has 2 aliphatic heterocycles. The van der Waals surface area contributed by atoms with Crippen LogP contribution >= 0.6 is 0 Å². The van der Waals surface area contributed by atoms with Crippen LogP contribution in [0.4, 0.5) is 11.4 Å². The van der Waals surface area contributed by atoms with Crippen molar-refractivity contribution in [1.82, 2.24) is 4.90 Å². The van der Waals surface area contributed by atoms with Crippen LogP contribution < -0.4 is 4.90 Å². The number of amides is 1. The minimum absolute atomic E-state index is 0.0684. The molecule has 152 valence electrons. The maximum atomic E-state index is 12.9. The van der Waals surface area contributed by atoms with E-state index in [1.807, 2.05) is 4.90 Å². The maximum absolute atomic E-state index is 12.9. The number of carbonyl (C=O) groups is 2. The van der Waals surface area contributed by atoms with Gasteiger partial charge >= 0.3 is 5.97 Å². The van der Waals surface area contributed by atoms with Crippen molar-refractivity contribution in [3.8, 4) is 0 Å². The van der Waals surface area contributed by atoms with E-state index < -0.39 is 10.9 Å². The fourth-order valence-corrected chi connectivity index (χ4v) is 4.61. The van der Waals surface area contributed by atoms with E-state index >= 15 is 0 Å². The van der Waals surface area contributed by atoms with Gasteiger partial charge in [-0.15, -0.1) is 0 Å². The minimum Gasteiger partial charge on any atom is -0.481 e. The maximum Gasteiger partial charge on any atom is 0.305 e. The number of aliphatic carboxylic acids is 1. The summed E-state index contributed by atoms with van der Waals surface area (Å²) in [5, 5.41) is 20.8. The van der Waals surface area contributed by atoms with Crippen LogP contribution in [0.15, 0.2) is 18.2 Å². The Kier molecular flexibility index (Phi) is 5.86. The van der Waals surface area contributed by atoms with Crippen molar-refractivity contribution in [3.05, 3.63) is 33.9 Å². The molecule has 0 saturated carbocycles. The van der Waals surface area contributed by atoms with Gasteiger partial charge in [0.05, 0.1) is 11.3 Å². The molecule has 0 aliphatic carbocycles. The van der Waals surface area contributed by atoms with Crippen LogP contribution in [-0.2, 0) is 4.79 Å². The Bertz CT molecular complexity index is 771. The molecule has 0 aromatic heterocycles. The van der Waals surface area contributed by atoms with Gasteiger partial charge in [0, 0.05) is 37.3 Å². The van der Waals surface area contributed by atoms with E-state index in [2.05, 4.69) is 13.8 Å². The highest BCUT2D eigenvalue weighted by atomic mass is 16.6. The molecule has 1 amide bonds. The number of carbonyl (C=O) groups excluding carboxylic acids is 1. The molecule has 8 nitrogen and oxygen atoms in total. The normalized spacial score (nSPS) is 25.0. The van der Waals surface area contributed by atoms with Gasteiger partial charge in [0.2, 0.25) is 0 Å². The zero-order valence-electron chi connectivity index (χ0n) is 16.3. The van der Waals surface area contributed by atoms with Crippen molar-refractivity contribution in [1.29, 1.82) is 0 Å². The summed E-state index contributed by atoms with van der Waals surface area (Å²) in [6.45, 7) is 6.27. The topological polar surface area (TPSA) is 104 Å². The molecule has 0 bridgehead atoms. The van der Waals surface area contributed by atoms with E-state index in [-0.39, 0.29) is 29.6 Å². The van der Waals surface area contributed by atoms with Gasteiger partial charge < -0.3 is 14.9 Å². The van der Waals surface area contributed by atoms with Crippen LogP contribution in [-0.4, -0.2) is 52.5 Å². The van der Waals surface area contributed by atoms with Crippen molar-refractivity contribution in [2.45, 2.75) is 45.6 Å². The van der Waals surface area contributed by atoms with Gasteiger partial charge in [-0.1, -0.05) is 13.8 Å². The Morgan fingerprint density at radius 1 is 1.25 bits per heavy atom. The number of nitro benzene ring substituents is 1. The van der Waals surface area contributed by atoms with Crippen LogP contribution in [0.25, 0.3) is 0 Å². The molecule has 2 saturated heterocycles. The van der Waals surface area contributed by atoms with Crippen molar-refractivity contribution in [2.75, 3.05) is 24.5 Å². The largest absolute Gasteiger partial charge is 0.481 e. The standard InChI is InChI=1S/C20H27N3O5/c1-13-8-14(2)12-21(11-13)17-6-5-15(9-18(17)23(27)28)20(26)22-7-3-4-16(22)10-19(24)25/h5-6,9,13-14,16H,3-4,7-8,10-12H2,1-2H3,(H,24,25). The summed E-state index contributed by atoms with van der Waals surface area (Å²) in [6, 6.07) is 4.29. The third kappa shape index (κ3) is 4.26. The molecule has 1 aromatic carbocycles. The molecule has 8 heteroatoms. The number of rotatable bonds is 5. The summed E-state index contributed by atoms with van der Waals surface area (Å²) >= 11 is 0. The lowest BCUT2D eigenvalue weighted by Crippen LogP contribution is -2.39. The van der Waals surface area contributed by atoms with Crippen molar-refractivity contribution < 1.29 is 19.6 Å². The summed E-state index contributed by atoms with van der Waals surface area (Å²) in [5.41, 5.74) is 0.718. The van der Waals surface area contributed by atoms with Gasteiger partial charge in [-0.2, -0.15) is 0 Å². The molecule has 1 N–H and O–H groups in total. The Labute approximate surface area is 164 Å². The first-order chi connectivity index (χ1) is 13.3. The molecule has 2 fully saturated rings. The second kappa shape index (κ2) is 8.16. The van der Waals surface area contributed by atoms with Gasteiger partial charge in [0.15, 0.2) is 0 Å². The monoisotopic (exact) mass is 389 g/mol. The Hall–Kier alpha value is -2.64. The van der Waals surface area contributed by atoms with E-state index in [0.29, 0.717) is 30.5 Å². The number of nitrogens with zero attached hydrogens (tertiary/aromatic N) is 3. The fraction of sp³-hybridized carbons (Fsp3) is 0.600. The van der Waals surface area contributed by atoms with E-state index in [1.54, 1.807) is 12.1 Å². The quantitative estimate of drug-likeness (QED) is 0.613. The first kappa shape index (κ1) is 20.1. The smallest absolute Gasteiger partial charge is 0.305 e. The average Bonchev–Trinajstić information content (AvgIpc) is 3.07. The van der Waals surface area contributed by atoms with Crippen LogP contribution in [0.5, 0.6) is 0 Å². The zero-order chi connectivity index (χ0) is 20.4. The van der Waals surface area contributed by atoms with Gasteiger partial charge in [0.1, 0.15) is 5.69 Å². The van der Waals surface area contributed by atoms with Crippen LogP contribution in [0.1, 0.15) is 49.9 Å². The third-order valence-corrected chi connectivity index (χ3v) is 5.68. The second-order valence-electron chi connectivity index (χ2n) is 8.20. The first-order valence-corrected chi connectivity index (χ1v) is 9.82. The molecule has 1 aromatic rings. The Morgan fingerprint density at radius 3 is 2.54 bits per heavy atom. The van der Waals surface area contributed by atoms with Crippen molar-refractivity contribution in [3.63, 3.8) is 0 Å². The van der Waals surface area contributed by atoms with Crippen LogP contribution in [0.2, 0.25) is 0 Å². The zero-order valence-corrected chi connectivity index (χ0v) is 16.3. The van der Waals surface area contributed by atoms with Crippen molar-refractivity contribution in [2.24, 2.45) is 11.8 Å². The molecule has 3 unspecified atom stereocenters. The number of nitro groups is 1. The molecule has 2 aliphatic rings. The molecule has 0 spiro atoms. The van der Waals surface area contributed by atoms with Crippen LogP contribution in [0, 0.1) is 22.0 Å². The van der Waals surface area contributed by atoms with Crippen LogP contribution in [0.3, 0.4) is 0 Å². The molecule has 0 radical (unpaired) electrons. The molecule has 3 atom stereocenters. The van der Waals surface area contributed by atoms with E-state index in [9.17, 15) is 19.7 Å². The predicted octanol–water partition coefficient (Wildman–Crippen LogP) is 3.16. The van der Waals surface area contributed by atoms with Crippen molar-refractivity contribution >= 4 is 23.3 Å². The minimum atomic E-state index is -0.945. The number of hydrogen-bond donors (Lipinski definition) is 1. The SMILES string of the molecule is CC1CC(C)CN(c2ccc(C(=O)N3CCCC3CC(=O)O)cc2[N+](=O)[O-])C1. The highest BCUT2D eigenvalue weighted by Gasteiger charge is 2.33. The van der Waals surface area contributed by atoms with Gasteiger partial charge in [-0.3, -0.25) is 19.7 Å². The first-order valence-electron chi connectivity index (χ1n) is 9.82. The summed E-state index contributed by atoms with van der Waals surface area (Å²) in [4.78, 5) is 38.8. The summed E-state index contributed by atoms with van der Waals surface area (Å²) in [5.74, 6) is -0.379. The average molecular weight is 389 g/mol. The highest BCUT2D eigenvalue weighted by Crippen LogP contribution is 2.34. The van der Waals surface area contributed by atoms with E-state index in [4.69, 9.17) is 5.11 Å². The van der Waals surface area contributed by atoms with E-state index in [0.717, 1.165) is 25.9 Å². The lowest BCUT2D eigenvalue weighted by molar-refractivity contribution is -0.384. The van der Waals surface area contributed by atoms with Gasteiger partial charge in [0.25, 0.3) is 11.6 Å². The van der Waals surface area contributed by atoms with E-state index in [1.165, 1.54) is 11.0 Å². The number of benzene rings is 1. The summed E-state index contributed by atoms with van der Waals surface area (Å²) in [6.07, 6.45) is 2.38. The number of likely N-dealkylation sites (tertiary alicyclic amines) is 1. The Balaban J connectivity index is 1.87. The number of carboxylic acids is 1. The molecule has 28 heavy (non-hydrogen) atoms. The second-order valence-corrected chi connectivity index (χ2v) is 8.20. The predicted molar refractivity (Wildman–Crippen MR) is 105 cm³/mol. The fourth-order valence-electron chi connectivity index (χ4n) is 4.61. The summed E-state index contributed by atoms with van der Waals surface area (Å²) in [7, 11) is 0. The number of carboxylic acid groups (broad SMARTS) is 1. The third-order valence-electron chi connectivity index (χ3n) is 5.68. The molecule has 3 rings (SSSR count). The number of hydrogen-bond acceptors (Lipinski definition) is 5. The number of anilines is 1. The van der Waals surface area contributed by atoms with Gasteiger partial charge in [-0.25, -0.2) is 0 Å².